The maximum atomic E-state index is 11.5. The lowest BCUT2D eigenvalue weighted by molar-refractivity contribution is 0.101. The molecule has 0 bridgehead atoms. The Bertz CT molecular complexity index is 1040. The summed E-state index contributed by atoms with van der Waals surface area (Å²) in [4.78, 5) is 16.3. The van der Waals surface area contributed by atoms with Gasteiger partial charge in [0.25, 0.3) is 0 Å². The number of hydrogen-bond donors (Lipinski definition) is 2. The number of nitrogens with zero attached hydrogens (tertiary/aromatic N) is 2. The second-order valence-corrected chi connectivity index (χ2v) is 5.81. The van der Waals surface area contributed by atoms with E-state index in [1.54, 1.807) is 13.1 Å². The van der Waals surface area contributed by atoms with Crippen LogP contribution in [-0.4, -0.2) is 21.0 Å². The lowest BCUT2D eigenvalue weighted by atomic mass is 10.0. The maximum Gasteiger partial charge on any atom is 0.159 e. The van der Waals surface area contributed by atoms with E-state index in [9.17, 15) is 4.79 Å². The third-order valence-electron chi connectivity index (χ3n) is 4.07. The summed E-state index contributed by atoms with van der Waals surface area (Å²) in [6.45, 7) is 1.57. The first kappa shape index (κ1) is 15.1. The lowest BCUT2D eigenvalue weighted by Crippen LogP contribution is -1.97. The number of benzene rings is 2. The summed E-state index contributed by atoms with van der Waals surface area (Å²) in [5.74, 6) is 1.56. The summed E-state index contributed by atoms with van der Waals surface area (Å²) in [5.41, 5.74) is 2.53. The van der Waals surface area contributed by atoms with Gasteiger partial charge in [0.05, 0.1) is 11.9 Å². The van der Waals surface area contributed by atoms with E-state index in [4.69, 9.17) is 4.98 Å². The standard InChI is InChI=1S/C20H16N4O/c1-13(25)14-6-8-15(9-7-14)20-17-5-3-2-4-16(17)12-19(23-20)22-18-10-11-21-24-18/h2-12H,1H3,(H2,21,22,23,24). The smallest absolute Gasteiger partial charge is 0.159 e. The number of aromatic amines is 1. The zero-order valence-corrected chi connectivity index (χ0v) is 13.7. The van der Waals surface area contributed by atoms with Crippen molar-refractivity contribution in [1.29, 1.82) is 0 Å². The highest BCUT2D eigenvalue weighted by atomic mass is 16.1. The summed E-state index contributed by atoms with van der Waals surface area (Å²) in [6.07, 6.45) is 1.69. The number of anilines is 2. The average molecular weight is 328 g/mol. The molecule has 5 nitrogen and oxygen atoms in total. The summed E-state index contributed by atoms with van der Waals surface area (Å²) in [5, 5.41) is 12.2. The van der Waals surface area contributed by atoms with E-state index in [-0.39, 0.29) is 5.78 Å². The second kappa shape index (κ2) is 6.20. The van der Waals surface area contributed by atoms with E-state index < -0.39 is 0 Å². The van der Waals surface area contributed by atoms with Crippen LogP contribution < -0.4 is 5.32 Å². The van der Waals surface area contributed by atoms with Gasteiger partial charge in [0.2, 0.25) is 0 Å². The van der Waals surface area contributed by atoms with Gasteiger partial charge in [-0.05, 0) is 18.4 Å². The summed E-state index contributed by atoms with van der Waals surface area (Å²) >= 11 is 0. The molecule has 0 aliphatic carbocycles. The molecule has 2 N–H and O–H groups in total. The number of Topliss-reactive ketones (excluding diaryl/α,β-unsaturated/α-hetero) is 1. The van der Waals surface area contributed by atoms with E-state index in [2.05, 4.69) is 27.6 Å². The minimum absolute atomic E-state index is 0.0547. The third kappa shape index (κ3) is 2.99. The fraction of sp³-hybridized carbons (Fsp3) is 0.0500. The van der Waals surface area contributed by atoms with Crippen molar-refractivity contribution in [2.24, 2.45) is 0 Å². The Morgan fingerprint density at radius 1 is 1.04 bits per heavy atom. The molecule has 0 radical (unpaired) electrons. The monoisotopic (exact) mass is 328 g/mol. The van der Waals surface area contributed by atoms with Crippen molar-refractivity contribution in [3.8, 4) is 11.3 Å². The molecule has 0 fully saturated rings. The van der Waals surface area contributed by atoms with Gasteiger partial charge in [0.1, 0.15) is 11.6 Å². The highest BCUT2D eigenvalue weighted by Gasteiger charge is 2.10. The first-order chi connectivity index (χ1) is 12.2. The number of hydrogen-bond acceptors (Lipinski definition) is 4. The van der Waals surface area contributed by atoms with E-state index in [0.29, 0.717) is 5.56 Å². The molecule has 122 valence electrons. The van der Waals surface area contributed by atoms with Crippen LogP contribution in [0.4, 0.5) is 11.6 Å². The molecule has 4 aromatic rings. The Morgan fingerprint density at radius 3 is 2.56 bits per heavy atom. The summed E-state index contributed by atoms with van der Waals surface area (Å²) in [7, 11) is 0. The van der Waals surface area contributed by atoms with Crippen LogP contribution in [0.15, 0.2) is 66.9 Å². The number of pyridine rings is 1. The molecule has 0 saturated carbocycles. The molecule has 0 saturated heterocycles. The molecule has 0 unspecified atom stereocenters. The van der Waals surface area contributed by atoms with Gasteiger partial charge in [-0.1, -0.05) is 48.5 Å². The molecule has 5 heteroatoms. The van der Waals surface area contributed by atoms with Crippen molar-refractivity contribution in [1.82, 2.24) is 15.2 Å². The van der Waals surface area contributed by atoms with Gasteiger partial charge < -0.3 is 5.32 Å². The number of carbonyl (C=O) groups excluding carboxylic acids is 1. The van der Waals surface area contributed by atoms with E-state index in [0.717, 1.165) is 33.7 Å². The molecular weight excluding hydrogens is 312 g/mol. The zero-order valence-electron chi connectivity index (χ0n) is 13.7. The fourth-order valence-corrected chi connectivity index (χ4v) is 2.81. The van der Waals surface area contributed by atoms with E-state index in [1.807, 2.05) is 48.5 Å². The highest BCUT2D eigenvalue weighted by molar-refractivity contribution is 5.98. The van der Waals surface area contributed by atoms with Crippen LogP contribution in [0.5, 0.6) is 0 Å². The predicted octanol–water partition coefficient (Wildman–Crippen LogP) is 4.57. The summed E-state index contributed by atoms with van der Waals surface area (Å²) in [6, 6.07) is 19.5. The van der Waals surface area contributed by atoms with Gasteiger partial charge in [-0.2, -0.15) is 5.10 Å². The first-order valence-electron chi connectivity index (χ1n) is 7.98. The normalized spacial score (nSPS) is 10.8. The molecule has 2 heterocycles. The lowest BCUT2D eigenvalue weighted by Gasteiger charge is -2.11. The van der Waals surface area contributed by atoms with Gasteiger partial charge >= 0.3 is 0 Å². The number of rotatable bonds is 4. The van der Waals surface area contributed by atoms with Crippen LogP contribution in [0.25, 0.3) is 22.0 Å². The quantitative estimate of drug-likeness (QED) is 0.538. The Hall–Kier alpha value is -3.47. The maximum absolute atomic E-state index is 11.5. The molecule has 25 heavy (non-hydrogen) atoms. The van der Waals surface area contributed by atoms with Crippen molar-refractivity contribution >= 4 is 28.2 Å². The molecule has 2 aromatic heterocycles. The second-order valence-electron chi connectivity index (χ2n) is 5.81. The van der Waals surface area contributed by atoms with Gasteiger partial charge in [-0.3, -0.25) is 9.89 Å². The molecule has 2 aromatic carbocycles. The van der Waals surface area contributed by atoms with Crippen molar-refractivity contribution in [3.63, 3.8) is 0 Å². The van der Waals surface area contributed by atoms with E-state index in [1.165, 1.54) is 0 Å². The van der Waals surface area contributed by atoms with Gasteiger partial charge in [-0.15, -0.1) is 0 Å². The number of ketones is 1. The largest absolute Gasteiger partial charge is 0.325 e. The molecule has 0 spiro atoms. The Morgan fingerprint density at radius 2 is 1.84 bits per heavy atom. The Labute approximate surface area is 144 Å². The van der Waals surface area contributed by atoms with Crippen LogP contribution in [0.3, 0.4) is 0 Å². The van der Waals surface area contributed by atoms with Crippen LogP contribution in [0.1, 0.15) is 17.3 Å². The minimum Gasteiger partial charge on any atom is -0.325 e. The van der Waals surface area contributed by atoms with Crippen molar-refractivity contribution in [3.05, 3.63) is 72.4 Å². The van der Waals surface area contributed by atoms with Gasteiger partial charge in [0.15, 0.2) is 5.78 Å². The predicted molar refractivity (Wildman–Crippen MR) is 99.1 cm³/mol. The fourth-order valence-electron chi connectivity index (χ4n) is 2.81. The number of aromatic nitrogens is 3. The van der Waals surface area contributed by atoms with Crippen molar-refractivity contribution in [2.45, 2.75) is 6.92 Å². The molecule has 0 aliphatic rings. The van der Waals surface area contributed by atoms with E-state index >= 15 is 0 Å². The highest BCUT2D eigenvalue weighted by Crippen LogP contribution is 2.30. The zero-order chi connectivity index (χ0) is 17.2. The number of nitrogens with one attached hydrogen (secondary N) is 2. The molecule has 0 amide bonds. The number of H-pyrrole nitrogens is 1. The SMILES string of the molecule is CC(=O)c1ccc(-c2nc(Nc3ccn[nH]3)cc3ccccc23)cc1. The Kier molecular flexibility index (Phi) is 3.74. The van der Waals surface area contributed by atoms with Crippen LogP contribution in [-0.2, 0) is 0 Å². The molecule has 4 rings (SSSR count). The van der Waals surface area contributed by atoms with Gasteiger partial charge in [0, 0.05) is 22.6 Å². The Balaban J connectivity index is 1.84. The van der Waals surface area contributed by atoms with Crippen LogP contribution >= 0.6 is 0 Å². The number of fused-ring (bicyclic) bond motifs is 1. The van der Waals surface area contributed by atoms with Crippen molar-refractivity contribution in [2.75, 3.05) is 5.32 Å². The van der Waals surface area contributed by atoms with Crippen LogP contribution in [0.2, 0.25) is 0 Å². The summed E-state index contributed by atoms with van der Waals surface area (Å²) < 4.78 is 0. The van der Waals surface area contributed by atoms with Gasteiger partial charge in [-0.25, -0.2) is 4.98 Å². The first-order valence-corrected chi connectivity index (χ1v) is 7.98. The molecule has 0 aliphatic heterocycles. The van der Waals surface area contributed by atoms with Crippen molar-refractivity contribution < 1.29 is 4.79 Å². The molecule has 0 atom stereocenters. The average Bonchev–Trinajstić information content (AvgIpc) is 3.14. The molecular formula is C20H16N4O. The topological polar surface area (TPSA) is 70.7 Å². The third-order valence-corrected chi connectivity index (χ3v) is 4.07. The van der Waals surface area contributed by atoms with Crippen LogP contribution in [0, 0.1) is 0 Å². The number of carbonyl (C=O) groups is 1. The minimum atomic E-state index is 0.0547.